The number of hydrogen-bond donors (Lipinski definition) is 1. The average Bonchev–Trinajstić information content (AvgIpc) is 2.42. The maximum Gasteiger partial charge on any atom is 0.0509 e. The molecule has 2 saturated heterocycles. The first kappa shape index (κ1) is 13.3. The van der Waals surface area contributed by atoms with Crippen LogP contribution in [-0.2, 0) is 9.47 Å². The van der Waals surface area contributed by atoms with Gasteiger partial charge in [-0.25, -0.2) is 0 Å². The Morgan fingerprint density at radius 2 is 1.88 bits per heavy atom. The van der Waals surface area contributed by atoms with Crippen molar-refractivity contribution in [2.45, 2.75) is 45.1 Å². The SMILES string of the molecule is CCCNC(C1CCOCC1)C1CCCOC1. The first-order chi connectivity index (χ1) is 8.42. The van der Waals surface area contributed by atoms with Crippen LogP contribution in [0.2, 0.25) is 0 Å². The number of rotatable bonds is 5. The standard InChI is InChI=1S/C14H27NO2/c1-2-7-15-14(12-5-9-16-10-6-12)13-4-3-8-17-11-13/h12-15H,2-11H2,1H3. The molecule has 2 rings (SSSR count). The van der Waals surface area contributed by atoms with E-state index in [0.717, 1.165) is 44.8 Å². The molecule has 2 heterocycles. The van der Waals surface area contributed by atoms with E-state index in [1.807, 2.05) is 0 Å². The van der Waals surface area contributed by atoms with E-state index in [1.54, 1.807) is 0 Å². The first-order valence-electron chi connectivity index (χ1n) is 7.30. The Labute approximate surface area is 105 Å². The second-order valence-electron chi connectivity index (χ2n) is 5.41. The molecule has 0 radical (unpaired) electrons. The molecule has 0 aromatic heterocycles. The van der Waals surface area contributed by atoms with Gasteiger partial charge in [-0.2, -0.15) is 0 Å². The lowest BCUT2D eigenvalue weighted by Crippen LogP contribution is -2.47. The van der Waals surface area contributed by atoms with E-state index >= 15 is 0 Å². The zero-order valence-corrected chi connectivity index (χ0v) is 11.1. The molecule has 3 heteroatoms. The molecule has 2 atom stereocenters. The van der Waals surface area contributed by atoms with Gasteiger partial charge >= 0.3 is 0 Å². The number of hydrogen-bond acceptors (Lipinski definition) is 3. The van der Waals surface area contributed by atoms with Gasteiger partial charge in [0.05, 0.1) is 6.61 Å². The van der Waals surface area contributed by atoms with Crippen molar-refractivity contribution < 1.29 is 9.47 Å². The van der Waals surface area contributed by atoms with Crippen molar-refractivity contribution >= 4 is 0 Å². The Hall–Kier alpha value is -0.120. The van der Waals surface area contributed by atoms with Crippen LogP contribution in [0.25, 0.3) is 0 Å². The Kier molecular flexibility index (Phi) is 5.75. The Bertz CT molecular complexity index is 180. The third-order valence-corrected chi connectivity index (χ3v) is 4.11. The van der Waals surface area contributed by atoms with E-state index in [0.29, 0.717) is 6.04 Å². The van der Waals surface area contributed by atoms with Gasteiger partial charge in [-0.1, -0.05) is 6.92 Å². The van der Waals surface area contributed by atoms with Crippen molar-refractivity contribution in [3.05, 3.63) is 0 Å². The average molecular weight is 241 g/mol. The van der Waals surface area contributed by atoms with Gasteiger partial charge in [-0.05, 0) is 50.5 Å². The highest BCUT2D eigenvalue weighted by molar-refractivity contribution is 4.85. The van der Waals surface area contributed by atoms with E-state index in [4.69, 9.17) is 9.47 Å². The van der Waals surface area contributed by atoms with Crippen molar-refractivity contribution in [1.29, 1.82) is 0 Å². The minimum absolute atomic E-state index is 0.652. The summed E-state index contributed by atoms with van der Waals surface area (Å²) >= 11 is 0. The molecule has 2 fully saturated rings. The minimum Gasteiger partial charge on any atom is -0.381 e. The highest BCUT2D eigenvalue weighted by atomic mass is 16.5. The van der Waals surface area contributed by atoms with Gasteiger partial charge in [-0.3, -0.25) is 0 Å². The molecule has 2 aliphatic heterocycles. The Morgan fingerprint density at radius 3 is 2.53 bits per heavy atom. The van der Waals surface area contributed by atoms with Crippen LogP contribution in [0.4, 0.5) is 0 Å². The second-order valence-corrected chi connectivity index (χ2v) is 5.41. The first-order valence-corrected chi connectivity index (χ1v) is 7.30. The van der Waals surface area contributed by atoms with Crippen LogP contribution in [0.5, 0.6) is 0 Å². The third-order valence-electron chi connectivity index (χ3n) is 4.11. The summed E-state index contributed by atoms with van der Waals surface area (Å²) in [6.45, 7) is 7.19. The summed E-state index contributed by atoms with van der Waals surface area (Å²) in [7, 11) is 0. The quantitative estimate of drug-likeness (QED) is 0.800. The van der Waals surface area contributed by atoms with Crippen LogP contribution in [0.3, 0.4) is 0 Å². The van der Waals surface area contributed by atoms with Crippen LogP contribution in [-0.4, -0.2) is 39.0 Å². The fourth-order valence-corrected chi connectivity index (χ4v) is 3.15. The van der Waals surface area contributed by atoms with Gasteiger partial charge in [-0.15, -0.1) is 0 Å². The largest absolute Gasteiger partial charge is 0.381 e. The zero-order chi connectivity index (χ0) is 11.9. The molecule has 0 aromatic rings. The summed E-state index contributed by atoms with van der Waals surface area (Å²) in [4.78, 5) is 0. The summed E-state index contributed by atoms with van der Waals surface area (Å²) in [5.74, 6) is 1.51. The van der Waals surface area contributed by atoms with Crippen LogP contribution < -0.4 is 5.32 Å². The smallest absolute Gasteiger partial charge is 0.0509 e. The van der Waals surface area contributed by atoms with Crippen molar-refractivity contribution in [3.63, 3.8) is 0 Å². The van der Waals surface area contributed by atoms with Gasteiger partial charge in [0.2, 0.25) is 0 Å². The van der Waals surface area contributed by atoms with E-state index in [9.17, 15) is 0 Å². The predicted molar refractivity (Wildman–Crippen MR) is 69.2 cm³/mol. The Balaban J connectivity index is 1.90. The second kappa shape index (κ2) is 7.34. The maximum absolute atomic E-state index is 5.66. The topological polar surface area (TPSA) is 30.5 Å². The molecule has 17 heavy (non-hydrogen) atoms. The van der Waals surface area contributed by atoms with Gasteiger partial charge in [0, 0.05) is 25.9 Å². The van der Waals surface area contributed by atoms with Crippen LogP contribution in [0.15, 0.2) is 0 Å². The van der Waals surface area contributed by atoms with Gasteiger partial charge < -0.3 is 14.8 Å². The zero-order valence-electron chi connectivity index (χ0n) is 11.1. The molecular weight excluding hydrogens is 214 g/mol. The van der Waals surface area contributed by atoms with E-state index in [1.165, 1.54) is 32.1 Å². The molecule has 0 saturated carbocycles. The molecule has 1 N–H and O–H groups in total. The van der Waals surface area contributed by atoms with Crippen molar-refractivity contribution in [3.8, 4) is 0 Å². The number of nitrogens with one attached hydrogen (secondary N) is 1. The third kappa shape index (κ3) is 3.94. The lowest BCUT2D eigenvalue weighted by atomic mass is 9.81. The van der Waals surface area contributed by atoms with Crippen molar-refractivity contribution in [1.82, 2.24) is 5.32 Å². The lowest BCUT2D eigenvalue weighted by molar-refractivity contribution is 0.00220. The van der Waals surface area contributed by atoms with E-state index < -0.39 is 0 Å². The minimum atomic E-state index is 0.652. The maximum atomic E-state index is 5.66. The van der Waals surface area contributed by atoms with Crippen LogP contribution >= 0.6 is 0 Å². The summed E-state index contributed by atoms with van der Waals surface area (Å²) in [5.41, 5.74) is 0. The molecule has 0 spiro atoms. The highest BCUT2D eigenvalue weighted by Gasteiger charge is 2.31. The molecule has 0 aromatic carbocycles. The van der Waals surface area contributed by atoms with Gasteiger partial charge in [0.25, 0.3) is 0 Å². The monoisotopic (exact) mass is 241 g/mol. The van der Waals surface area contributed by atoms with E-state index in [-0.39, 0.29) is 0 Å². The van der Waals surface area contributed by atoms with Crippen LogP contribution in [0.1, 0.15) is 39.0 Å². The summed E-state index contributed by atoms with van der Waals surface area (Å²) in [6, 6.07) is 0.652. The normalized spacial score (nSPS) is 29.1. The molecule has 0 amide bonds. The fraction of sp³-hybridized carbons (Fsp3) is 1.00. The molecular formula is C14H27NO2. The molecule has 0 bridgehead atoms. The molecule has 3 nitrogen and oxygen atoms in total. The molecule has 100 valence electrons. The highest BCUT2D eigenvalue weighted by Crippen LogP contribution is 2.28. The molecule has 2 aliphatic rings. The summed E-state index contributed by atoms with van der Waals surface area (Å²) < 4.78 is 11.1. The molecule has 0 aliphatic carbocycles. The predicted octanol–water partition coefficient (Wildman–Crippen LogP) is 2.21. The van der Waals surface area contributed by atoms with Gasteiger partial charge in [0.1, 0.15) is 0 Å². The van der Waals surface area contributed by atoms with Gasteiger partial charge in [0.15, 0.2) is 0 Å². The summed E-state index contributed by atoms with van der Waals surface area (Å²) in [6.07, 6.45) is 6.22. The van der Waals surface area contributed by atoms with Crippen molar-refractivity contribution in [2.24, 2.45) is 11.8 Å². The lowest BCUT2D eigenvalue weighted by Gasteiger charge is -2.38. The van der Waals surface area contributed by atoms with Crippen molar-refractivity contribution in [2.75, 3.05) is 33.0 Å². The fourth-order valence-electron chi connectivity index (χ4n) is 3.15. The Morgan fingerprint density at radius 1 is 1.06 bits per heavy atom. The molecule has 2 unspecified atom stereocenters. The number of ether oxygens (including phenoxy) is 2. The van der Waals surface area contributed by atoms with E-state index in [2.05, 4.69) is 12.2 Å². The van der Waals surface area contributed by atoms with Crippen LogP contribution in [0, 0.1) is 11.8 Å². The summed E-state index contributed by atoms with van der Waals surface area (Å²) in [5, 5.41) is 3.77.